The fraction of sp³-hybridized carbons (Fsp3) is 0.278. The van der Waals surface area contributed by atoms with Crippen LogP contribution in [-0.2, 0) is 6.54 Å². The van der Waals surface area contributed by atoms with E-state index in [0.717, 1.165) is 48.5 Å². The van der Waals surface area contributed by atoms with Crippen LogP contribution >= 0.6 is 11.6 Å². The van der Waals surface area contributed by atoms with E-state index in [-0.39, 0.29) is 11.5 Å². The monoisotopic (exact) mass is 360 g/mol. The Bertz CT molecular complexity index is 975. The molecule has 3 aromatic rings. The van der Waals surface area contributed by atoms with Gasteiger partial charge in [0, 0.05) is 26.2 Å². The van der Waals surface area contributed by atoms with Crippen molar-refractivity contribution >= 4 is 28.3 Å². The van der Waals surface area contributed by atoms with Crippen LogP contribution in [0.4, 0.5) is 10.1 Å². The second kappa shape index (κ2) is 6.54. The SMILES string of the molecule is O=c1[nH]c2c(N3CCNCC3)c(Cl)ccc2n1Cc1cccc(F)c1. The molecule has 0 aliphatic carbocycles. The molecule has 1 fully saturated rings. The second-order valence-electron chi connectivity index (χ2n) is 6.17. The van der Waals surface area contributed by atoms with E-state index in [9.17, 15) is 9.18 Å². The van der Waals surface area contributed by atoms with E-state index in [4.69, 9.17) is 11.6 Å². The third-order valence-electron chi connectivity index (χ3n) is 4.54. The molecular formula is C18H18ClFN4O. The zero-order chi connectivity index (χ0) is 17.4. The maximum Gasteiger partial charge on any atom is 0.326 e. The summed E-state index contributed by atoms with van der Waals surface area (Å²) in [7, 11) is 0. The number of aromatic amines is 1. The van der Waals surface area contributed by atoms with Gasteiger partial charge in [-0.3, -0.25) is 4.57 Å². The van der Waals surface area contributed by atoms with Crippen molar-refractivity contribution in [3.8, 4) is 0 Å². The molecular weight excluding hydrogens is 343 g/mol. The van der Waals surface area contributed by atoms with Crippen LogP contribution in [-0.4, -0.2) is 35.7 Å². The third kappa shape index (κ3) is 3.03. The van der Waals surface area contributed by atoms with Gasteiger partial charge in [0.15, 0.2) is 0 Å². The molecule has 0 radical (unpaired) electrons. The summed E-state index contributed by atoms with van der Waals surface area (Å²) in [6, 6.07) is 9.94. The van der Waals surface area contributed by atoms with Crippen LogP contribution in [0, 0.1) is 5.82 Å². The fourth-order valence-corrected chi connectivity index (χ4v) is 3.64. The van der Waals surface area contributed by atoms with Crippen molar-refractivity contribution in [1.29, 1.82) is 0 Å². The molecule has 0 atom stereocenters. The molecule has 0 bridgehead atoms. The summed E-state index contributed by atoms with van der Waals surface area (Å²) in [6.45, 7) is 3.72. The highest BCUT2D eigenvalue weighted by atomic mass is 35.5. The average Bonchev–Trinajstić information content (AvgIpc) is 2.91. The molecule has 0 amide bonds. The van der Waals surface area contributed by atoms with Crippen LogP contribution in [0.3, 0.4) is 0 Å². The maximum absolute atomic E-state index is 13.4. The lowest BCUT2D eigenvalue weighted by Gasteiger charge is -2.30. The van der Waals surface area contributed by atoms with Gasteiger partial charge in [0.05, 0.1) is 28.3 Å². The summed E-state index contributed by atoms with van der Waals surface area (Å²) in [4.78, 5) is 17.6. The maximum atomic E-state index is 13.4. The molecule has 1 aliphatic heterocycles. The highest BCUT2D eigenvalue weighted by molar-refractivity contribution is 6.34. The first kappa shape index (κ1) is 16.2. The Morgan fingerprint density at radius 2 is 1.96 bits per heavy atom. The number of benzene rings is 2. The zero-order valence-electron chi connectivity index (χ0n) is 13.6. The number of hydrogen-bond donors (Lipinski definition) is 2. The van der Waals surface area contributed by atoms with Crippen LogP contribution < -0.4 is 15.9 Å². The Hall–Kier alpha value is -2.31. The van der Waals surface area contributed by atoms with E-state index < -0.39 is 0 Å². The number of H-pyrrole nitrogens is 1. The summed E-state index contributed by atoms with van der Waals surface area (Å²) >= 11 is 6.44. The molecule has 2 aromatic carbocycles. The van der Waals surface area contributed by atoms with Gasteiger partial charge in [0.25, 0.3) is 0 Å². The number of imidazole rings is 1. The lowest BCUT2D eigenvalue weighted by Crippen LogP contribution is -2.43. The van der Waals surface area contributed by atoms with Gasteiger partial charge in [-0.25, -0.2) is 9.18 Å². The normalized spacial score (nSPS) is 15.0. The number of halogens is 2. The van der Waals surface area contributed by atoms with Crippen molar-refractivity contribution in [3.63, 3.8) is 0 Å². The number of anilines is 1. The first-order chi connectivity index (χ1) is 12.1. The molecule has 130 valence electrons. The standard InChI is InChI=1S/C18H18ClFN4O/c19-14-4-5-15-16(17(14)23-8-6-21-7-9-23)22-18(25)24(15)11-12-2-1-3-13(20)10-12/h1-5,10,21H,6-9,11H2,(H,22,25). The van der Waals surface area contributed by atoms with Crippen molar-refractivity contribution in [2.24, 2.45) is 0 Å². The number of piperazine rings is 1. The summed E-state index contributed by atoms with van der Waals surface area (Å²) in [5.41, 5.74) is 2.87. The number of aromatic nitrogens is 2. The molecule has 0 unspecified atom stereocenters. The Labute approximate surface area is 149 Å². The van der Waals surface area contributed by atoms with Gasteiger partial charge >= 0.3 is 5.69 Å². The molecule has 1 saturated heterocycles. The van der Waals surface area contributed by atoms with Gasteiger partial charge in [-0.1, -0.05) is 23.7 Å². The minimum absolute atomic E-state index is 0.224. The molecule has 0 spiro atoms. The summed E-state index contributed by atoms with van der Waals surface area (Å²) in [6.07, 6.45) is 0. The topological polar surface area (TPSA) is 53.1 Å². The van der Waals surface area contributed by atoms with E-state index in [0.29, 0.717) is 11.6 Å². The number of fused-ring (bicyclic) bond motifs is 1. The van der Waals surface area contributed by atoms with Crippen molar-refractivity contribution in [3.05, 3.63) is 63.3 Å². The fourth-order valence-electron chi connectivity index (χ4n) is 3.36. The molecule has 0 saturated carbocycles. The van der Waals surface area contributed by atoms with Gasteiger partial charge in [-0.2, -0.15) is 0 Å². The Morgan fingerprint density at radius 1 is 1.16 bits per heavy atom. The van der Waals surface area contributed by atoms with Crippen molar-refractivity contribution in [2.75, 3.05) is 31.1 Å². The quantitative estimate of drug-likeness (QED) is 0.755. The minimum Gasteiger partial charge on any atom is -0.366 e. The summed E-state index contributed by atoms with van der Waals surface area (Å²) < 4.78 is 15.1. The van der Waals surface area contributed by atoms with Crippen molar-refractivity contribution < 1.29 is 4.39 Å². The Kier molecular flexibility index (Phi) is 4.23. The highest BCUT2D eigenvalue weighted by Gasteiger charge is 2.20. The Balaban J connectivity index is 1.81. The molecule has 25 heavy (non-hydrogen) atoms. The molecule has 4 rings (SSSR count). The number of hydrogen-bond acceptors (Lipinski definition) is 3. The minimum atomic E-state index is -0.310. The predicted octanol–water partition coefficient (Wildman–Crippen LogP) is 2.58. The first-order valence-electron chi connectivity index (χ1n) is 8.24. The van der Waals surface area contributed by atoms with E-state index in [1.165, 1.54) is 12.1 Å². The van der Waals surface area contributed by atoms with Crippen LogP contribution in [0.5, 0.6) is 0 Å². The van der Waals surface area contributed by atoms with Crippen LogP contribution in [0.2, 0.25) is 5.02 Å². The van der Waals surface area contributed by atoms with Gasteiger partial charge in [-0.15, -0.1) is 0 Å². The second-order valence-corrected chi connectivity index (χ2v) is 6.58. The van der Waals surface area contributed by atoms with E-state index in [2.05, 4.69) is 15.2 Å². The highest BCUT2D eigenvalue weighted by Crippen LogP contribution is 2.33. The lowest BCUT2D eigenvalue weighted by molar-refractivity contribution is 0.590. The summed E-state index contributed by atoms with van der Waals surface area (Å²) in [5, 5.41) is 3.93. The largest absolute Gasteiger partial charge is 0.366 e. The van der Waals surface area contributed by atoms with Gasteiger partial charge in [0.2, 0.25) is 0 Å². The number of rotatable bonds is 3. The van der Waals surface area contributed by atoms with Crippen molar-refractivity contribution in [1.82, 2.24) is 14.9 Å². The molecule has 2 N–H and O–H groups in total. The molecule has 2 heterocycles. The summed E-state index contributed by atoms with van der Waals surface area (Å²) in [5.74, 6) is -0.310. The zero-order valence-corrected chi connectivity index (χ0v) is 14.3. The average molecular weight is 361 g/mol. The number of nitrogens with zero attached hydrogens (tertiary/aromatic N) is 2. The first-order valence-corrected chi connectivity index (χ1v) is 8.62. The van der Waals surface area contributed by atoms with Crippen molar-refractivity contribution in [2.45, 2.75) is 6.54 Å². The third-order valence-corrected chi connectivity index (χ3v) is 4.84. The van der Waals surface area contributed by atoms with Crippen LogP contribution in [0.1, 0.15) is 5.56 Å². The molecule has 7 heteroatoms. The molecule has 1 aliphatic rings. The smallest absolute Gasteiger partial charge is 0.326 e. The van der Waals surface area contributed by atoms with Crippen LogP contribution in [0.25, 0.3) is 11.0 Å². The van der Waals surface area contributed by atoms with Gasteiger partial charge in [0.1, 0.15) is 5.82 Å². The number of nitrogens with one attached hydrogen (secondary N) is 2. The molecule has 1 aromatic heterocycles. The van der Waals surface area contributed by atoms with E-state index in [1.54, 1.807) is 10.6 Å². The van der Waals surface area contributed by atoms with Gasteiger partial charge in [-0.05, 0) is 29.8 Å². The van der Waals surface area contributed by atoms with Gasteiger partial charge < -0.3 is 15.2 Å². The van der Waals surface area contributed by atoms with E-state index in [1.807, 2.05) is 18.2 Å². The molecule has 5 nitrogen and oxygen atoms in total. The lowest BCUT2D eigenvalue weighted by atomic mass is 10.2. The van der Waals surface area contributed by atoms with E-state index >= 15 is 0 Å². The van der Waals surface area contributed by atoms with Crippen LogP contribution in [0.15, 0.2) is 41.2 Å². The Morgan fingerprint density at radius 3 is 2.72 bits per heavy atom. The predicted molar refractivity (Wildman–Crippen MR) is 98.2 cm³/mol.